The van der Waals surface area contributed by atoms with Gasteiger partial charge in [-0.2, -0.15) is 39.1 Å². The fraction of sp³-hybridized carbons (Fsp3) is 0.438. The van der Waals surface area contributed by atoms with E-state index in [1.54, 1.807) is 0 Å². The Labute approximate surface area is 191 Å². The number of benzene rings is 1. The highest BCUT2D eigenvalue weighted by Crippen LogP contribution is 2.31. The first-order valence-corrected chi connectivity index (χ1v) is 10.4. The second-order valence-electron chi connectivity index (χ2n) is 6.48. The van der Waals surface area contributed by atoms with Crippen LogP contribution in [0.4, 0.5) is 35.5 Å². The Morgan fingerprint density at radius 3 is 2.09 bits per heavy atom. The van der Waals surface area contributed by atoms with Crippen LogP contribution in [-0.4, -0.2) is 71.5 Å². The maximum Gasteiger partial charge on any atom is 0.516 e. The molecular weight excluding hydrogens is 533 g/mol. The number of alkyl halides is 6. The Kier molecular flexibility index (Phi) is 8.77. The number of hydrogen-bond donors (Lipinski definition) is 1. The molecule has 34 heavy (non-hydrogen) atoms. The molecular formula is C16H14ClF7N2O7S. The van der Waals surface area contributed by atoms with E-state index >= 15 is 0 Å². The quantitative estimate of drug-likeness (QED) is 0.518. The van der Waals surface area contributed by atoms with Crippen LogP contribution in [0.15, 0.2) is 12.1 Å². The lowest BCUT2D eigenvalue weighted by Crippen LogP contribution is -2.50. The number of imide groups is 1. The minimum Gasteiger partial charge on any atom is -0.488 e. The molecule has 0 aromatic heterocycles. The highest BCUT2D eigenvalue weighted by molar-refractivity contribution is 7.90. The summed E-state index contributed by atoms with van der Waals surface area (Å²) in [6, 6.07) is -1.29. The first kappa shape index (κ1) is 29.2. The number of amides is 3. The van der Waals surface area contributed by atoms with Crippen LogP contribution in [0.25, 0.3) is 0 Å². The second kappa shape index (κ2) is 10.2. The van der Waals surface area contributed by atoms with Crippen LogP contribution in [0.3, 0.4) is 0 Å². The first-order valence-electron chi connectivity index (χ1n) is 8.55. The molecule has 0 spiro atoms. The van der Waals surface area contributed by atoms with E-state index in [4.69, 9.17) is 21.4 Å². The molecule has 9 nitrogen and oxygen atoms in total. The monoisotopic (exact) mass is 546 g/mol. The molecule has 1 unspecified atom stereocenters. The summed E-state index contributed by atoms with van der Waals surface area (Å²) in [6.45, 7) is -1.95. The molecule has 0 aliphatic rings. The molecule has 1 aromatic carbocycles. The van der Waals surface area contributed by atoms with E-state index in [1.165, 1.54) is 0 Å². The van der Waals surface area contributed by atoms with Gasteiger partial charge in [0.2, 0.25) is 5.91 Å². The Morgan fingerprint density at radius 2 is 1.68 bits per heavy atom. The third kappa shape index (κ3) is 6.85. The lowest BCUT2D eigenvalue weighted by Gasteiger charge is -2.26. The van der Waals surface area contributed by atoms with Crippen molar-refractivity contribution in [1.29, 1.82) is 0 Å². The van der Waals surface area contributed by atoms with Crippen molar-refractivity contribution in [3.8, 4) is 5.75 Å². The summed E-state index contributed by atoms with van der Waals surface area (Å²) in [5.41, 5.74) is -6.87. The average Bonchev–Trinajstić information content (AvgIpc) is 2.62. The topological polar surface area (TPSA) is 121 Å². The number of carbonyl (C=O) groups excluding carboxylic acids is 2. The van der Waals surface area contributed by atoms with Gasteiger partial charge in [0, 0.05) is 6.92 Å². The van der Waals surface area contributed by atoms with Crippen LogP contribution in [-0.2, 0) is 14.8 Å². The minimum atomic E-state index is -6.38. The van der Waals surface area contributed by atoms with E-state index in [9.17, 15) is 53.5 Å². The van der Waals surface area contributed by atoms with Crippen LogP contribution < -0.4 is 4.74 Å². The summed E-state index contributed by atoms with van der Waals surface area (Å²) < 4.78 is 117. The second-order valence-corrected chi connectivity index (χ2v) is 8.69. The predicted octanol–water partition coefficient (Wildman–Crippen LogP) is 3.63. The summed E-state index contributed by atoms with van der Waals surface area (Å²) in [6.07, 6.45) is -7.54. The van der Waals surface area contributed by atoms with Gasteiger partial charge >= 0.3 is 27.8 Å². The number of hydrogen-bond acceptors (Lipinski definition) is 6. The van der Waals surface area contributed by atoms with Gasteiger partial charge in [-0.1, -0.05) is 11.6 Å². The van der Waals surface area contributed by atoms with E-state index in [2.05, 4.69) is 0 Å². The van der Waals surface area contributed by atoms with Crippen LogP contribution in [0.2, 0.25) is 5.02 Å². The van der Waals surface area contributed by atoms with Crippen LogP contribution in [0, 0.1) is 5.82 Å². The van der Waals surface area contributed by atoms with Crippen LogP contribution in [0.1, 0.15) is 24.2 Å². The predicted molar refractivity (Wildman–Crippen MR) is 99.0 cm³/mol. The number of carboxylic acid groups (broad SMARTS) is 1. The van der Waals surface area contributed by atoms with Gasteiger partial charge < -0.3 is 9.84 Å². The zero-order chi connectivity index (χ0) is 26.8. The van der Waals surface area contributed by atoms with Crippen molar-refractivity contribution in [2.24, 2.45) is 0 Å². The van der Waals surface area contributed by atoms with E-state index < -0.39 is 85.3 Å². The minimum absolute atomic E-state index is 0.270. The number of rotatable bonds is 7. The highest BCUT2D eigenvalue weighted by atomic mass is 35.5. The number of nitrogens with zero attached hydrogens (tertiary/aromatic N) is 2. The van der Waals surface area contributed by atoms with Gasteiger partial charge in [-0.25, -0.2) is 9.18 Å². The van der Waals surface area contributed by atoms with Crippen molar-refractivity contribution in [2.75, 3.05) is 13.2 Å². The third-order valence-electron chi connectivity index (χ3n) is 3.83. The molecule has 0 radical (unpaired) electrons. The van der Waals surface area contributed by atoms with Crippen LogP contribution in [0.5, 0.6) is 5.75 Å². The maximum atomic E-state index is 14.1. The molecule has 1 rings (SSSR count). The smallest absolute Gasteiger partial charge is 0.488 e. The van der Waals surface area contributed by atoms with E-state index in [0.29, 0.717) is 26.0 Å². The molecule has 192 valence electrons. The average molecular weight is 547 g/mol. The molecule has 18 heteroatoms. The molecule has 0 saturated carbocycles. The third-order valence-corrected chi connectivity index (χ3v) is 5.77. The largest absolute Gasteiger partial charge is 0.516 e. The maximum absolute atomic E-state index is 14.1. The SMILES string of the molecule is CC(=O)N(CC(F)(F)F)C(=O)c1cc(OCC(C)N(C(=O)O)S(=O)(=O)C(F)(F)F)c(F)cc1Cl. The molecule has 0 saturated heterocycles. The van der Waals surface area contributed by atoms with Gasteiger partial charge in [0.25, 0.3) is 5.91 Å². The molecule has 1 aromatic rings. The van der Waals surface area contributed by atoms with Crippen molar-refractivity contribution in [2.45, 2.75) is 31.6 Å². The fourth-order valence-corrected chi connectivity index (χ4v) is 3.57. The lowest BCUT2D eigenvalue weighted by atomic mass is 10.1. The van der Waals surface area contributed by atoms with Crippen molar-refractivity contribution >= 4 is 39.5 Å². The summed E-state index contributed by atoms with van der Waals surface area (Å²) in [5, 5.41) is 8.12. The molecule has 1 atom stereocenters. The molecule has 0 bridgehead atoms. The summed E-state index contributed by atoms with van der Waals surface area (Å²) >= 11 is 5.66. The van der Waals surface area contributed by atoms with Gasteiger partial charge in [0.1, 0.15) is 13.2 Å². The van der Waals surface area contributed by atoms with Crippen molar-refractivity contribution in [1.82, 2.24) is 9.21 Å². The lowest BCUT2D eigenvalue weighted by molar-refractivity contribution is -0.154. The normalized spacial score (nSPS) is 13.2. The standard InChI is InChI=1S/C16H14ClF7N2O7S/c1-7(26(14(29)30)34(31,32)16(22,23)24)5-33-12-3-9(10(17)4-11(12)18)13(28)25(8(2)27)6-15(19,20)21/h3-4,7H,5-6H2,1-2H3,(H,29,30). The van der Waals surface area contributed by atoms with Crippen molar-refractivity contribution in [3.63, 3.8) is 0 Å². The van der Waals surface area contributed by atoms with Gasteiger partial charge in [-0.3, -0.25) is 14.5 Å². The molecule has 0 aliphatic heterocycles. The summed E-state index contributed by atoms with van der Waals surface area (Å²) in [4.78, 5) is 34.7. The molecule has 0 heterocycles. The summed E-state index contributed by atoms with van der Waals surface area (Å²) in [5.74, 6) is -5.38. The molecule has 1 N–H and O–H groups in total. The van der Waals surface area contributed by atoms with Gasteiger partial charge in [0.05, 0.1) is 16.6 Å². The first-order chi connectivity index (χ1) is 15.2. The van der Waals surface area contributed by atoms with Crippen LogP contribution >= 0.6 is 11.6 Å². The van der Waals surface area contributed by atoms with Gasteiger partial charge in [0.15, 0.2) is 11.6 Å². The van der Waals surface area contributed by atoms with E-state index in [0.717, 1.165) is 0 Å². The number of carbonyl (C=O) groups is 3. The Morgan fingerprint density at radius 1 is 1.15 bits per heavy atom. The molecule has 0 aliphatic carbocycles. The number of halogens is 8. The molecule has 0 fully saturated rings. The Bertz CT molecular complexity index is 1080. The molecule has 3 amide bonds. The van der Waals surface area contributed by atoms with Gasteiger partial charge in [-0.15, -0.1) is 0 Å². The van der Waals surface area contributed by atoms with Gasteiger partial charge in [-0.05, 0) is 19.1 Å². The van der Waals surface area contributed by atoms with Crippen molar-refractivity contribution in [3.05, 3.63) is 28.5 Å². The van der Waals surface area contributed by atoms with E-state index in [-0.39, 0.29) is 4.90 Å². The van der Waals surface area contributed by atoms with E-state index in [1.807, 2.05) is 0 Å². The number of sulfonamides is 1. The Hall–Kier alpha value is -2.82. The summed E-state index contributed by atoms with van der Waals surface area (Å²) in [7, 11) is -6.38. The Balaban J connectivity index is 3.28. The highest BCUT2D eigenvalue weighted by Gasteiger charge is 2.53. The van der Waals surface area contributed by atoms with Crippen molar-refractivity contribution < 1.29 is 63.4 Å². The zero-order valence-electron chi connectivity index (χ0n) is 16.9. The zero-order valence-corrected chi connectivity index (χ0v) is 18.4. The number of ether oxygens (including phenoxy) is 1. The fourth-order valence-electron chi connectivity index (χ4n) is 2.37.